The highest BCUT2D eigenvalue weighted by atomic mass is 16.4. The average molecular weight is 237 g/mol. The van der Waals surface area contributed by atoms with Gasteiger partial charge in [-0.2, -0.15) is 5.10 Å². The van der Waals surface area contributed by atoms with Gasteiger partial charge >= 0.3 is 5.97 Å². The van der Waals surface area contributed by atoms with E-state index in [0.29, 0.717) is 0 Å². The van der Waals surface area contributed by atoms with Gasteiger partial charge in [-0.15, -0.1) is 0 Å². The smallest absolute Gasteiger partial charge is 0.325 e. The van der Waals surface area contributed by atoms with Crippen LogP contribution in [0, 0.1) is 0 Å². The Labute approximate surface area is 101 Å². The van der Waals surface area contributed by atoms with E-state index in [0.717, 1.165) is 31.5 Å². The van der Waals surface area contributed by atoms with E-state index in [1.54, 1.807) is 10.9 Å². The van der Waals surface area contributed by atoms with Crippen molar-refractivity contribution < 1.29 is 9.90 Å². The molecule has 1 unspecified atom stereocenters. The quantitative estimate of drug-likeness (QED) is 0.865. The first-order valence-electron chi connectivity index (χ1n) is 6.10. The molecule has 0 radical (unpaired) electrons. The van der Waals surface area contributed by atoms with E-state index in [1.807, 2.05) is 24.9 Å². The van der Waals surface area contributed by atoms with Crippen molar-refractivity contribution in [2.45, 2.75) is 38.8 Å². The van der Waals surface area contributed by atoms with E-state index in [-0.39, 0.29) is 6.04 Å². The summed E-state index contributed by atoms with van der Waals surface area (Å²) in [4.78, 5) is 13.4. The summed E-state index contributed by atoms with van der Waals surface area (Å²) >= 11 is 0. The third-order valence-corrected chi connectivity index (χ3v) is 3.21. The summed E-state index contributed by atoms with van der Waals surface area (Å²) in [6, 6.07) is -0.276. The lowest BCUT2D eigenvalue weighted by Gasteiger charge is -2.22. The summed E-state index contributed by atoms with van der Waals surface area (Å²) in [5, 5.41) is 13.6. The van der Waals surface area contributed by atoms with E-state index in [1.165, 1.54) is 0 Å². The minimum atomic E-state index is -0.782. The molecule has 0 amide bonds. The number of aliphatic carboxylic acids is 1. The number of carbonyl (C=O) groups is 1. The number of carboxylic acids is 1. The van der Waals surface area contributed by atoms with Gasteiger partial charge in [0.2, 0.25) is 0 Å². The Morgan fingerprint density at radius 3 is 2.53 bits per heavy atom. The van der Waals surface area contributed by atoms with Crippen LogP contribution >= 0.6 is 0 Å². The first-order chi connectivity index (χ1) is 8.09. The van der Waals surface area contributed by atoms with Gasteiger partial charge < -0.3 is 5.11 Å². The Kier molecular flexibility index (Phi) is 3.47. The summed E-state index contributed by atoms with van der Waals surface area (Å²) in [5.74, 6) is -0.782. The van der Waals surface area contributed by atoms with Crippen molar-refractivity contribution in [2.75, 3.05) is 13.1 Å². The van der Waals surface area contributed by atoms with Crippen molar-refractivity contribution in [1.82, 2.24) is 14.7 Å². The fraction of sp³-hybridized carbons (Fsp3) is 0.667. The molecular weight excluding hydrogens is 218 g/mol. The summed E-state index contributed by atoms with van der Waals surface area (Å²) in [7, 11) is 0. The normalized spacial score (nSPS) is 18.8. The Morgan fingerprint density at radius 2 is 2.06 bits per heavy atom. The van der Waals surface area contributed by atoms with Gasteiger partial charge in [0.1, 0.15) is 6.04 Å². The molecule has 5 nitrogen and oxygen atoms in total. The highest BCUT2D eigenvalue weighted by Gasteiger charge is 2.30. The van der Waals surface area contributed by atoms with Crippen molar-refractivity contribution in [3.63, 3.8) is 0 Å². The van der Waals surface area contributed by atoms with Crippen molar-refractivity contribution in [3.05, 3.63) is 18.0 Å². The molecule has 0 saturated carbocycles. The first kappa shape index (κ1) is 12.1. The van der Waals surface area contributed by atoms with Crippen LogP contribution < -0.4 is 0 Å². The van der Waals surface area contributed by atoms with Crippen LogP contribution in [0.3, 0.4) is 0 Å². The zero-order valence-corrected chi connectivity index (χ0v) is 10.3. The van der Waals surface area contributed by atoms with Gasteiger partial charge in [-0.1, -0.05) is 0 Å². The van der Waals surface area contributed by atoms with Crippen LogP contribution in [0.15, 0.2) is 12.4 Å². The largest absolute Gasteiger partial charge is 0.480 e. The van der Waals surface area contributed by atoms with Crippen molar-refractivity contribution in [2.24, 2.45) is 0 Å². The predicted octanol–water partition coefficient (Wildman–Crippen LogP) is 1.69. The minimum Gasteiger partial charge on any atom is -0.480 e. The lowest BCUT2D eigenvalue weighted by Crippen LogP contribution is -2.31. The third kappa shape index (κ3) is 2.49. The number of nitrogens with zero attached hydrogens (tertiary/aromatic N) is 3. The molecule has 5 heteroatoms. The number of hydrogen-bond donors (Lipinski definition) is 1. The molecule has 2 heterocycles. The Balaban J connectivity index is 2.22. The van der Waals surface area contributed by atoms with Gasteiger partial charge in [-0.05, 0) is 39.8 Å². The van der Waals surface area contributed by atoms with Crippen LogP contribution in [-0.2, 0) is 4.79 Å². The molecule has 1 fully saturated rings. The van der Waals surface area contributed by atoms with Crippen LogP contribution in [0.5, 0.6) is 0 Å². The van der Waals surface area contributed by atoms with E-state index in [4.69, 9.17) is 0 Å². The number of aromatic nitrogens is 2. The second-order valence-corrected chi connectivity index (χ2v) is 4.83. The van der Waals surface area contributed by atoms with Crippen molar-refractivity contribution in [3.8, 4) is 0 Å². The Bertz CT molecular complexity index is 394. The Hall–Kier alpha value is -1.36. The second-order valence-electron chi connectivity index (χ2n) is 4.83. The van der Waals surface area contributed by atoms with Crippen LogP contribution in [0.2, 0.25) is 0 Å². The first-order valence-corrected chi connectivity index (χ1v) is 6.10. The molecule has 1 aromatic heterocycles. The van der Waals surface area contributed by atoms with Gasteiger partial charge in [0.25, 0.3) is 0 Å². The molecule has 2 rings (SSSR count). The number of likely N-dealkylation sites (tertiary alicyclic amines) is 1. The van der Waals surface area contributed by atoms with Crippen molar-refractivity contribution >= 4 is 5.97 Å². The third-order valence-electron chi connectivity index (χ3n) is 3.21. The molecule has 1 aliphatic heterocycles. The topological polar surface area (TPSA) is 58.4 Å². The zero-order valence-electron chi connectivity index (χ0n) is 10.3. The maximum Gasteiger partial charge on any atom is 0.325 e. The number of hydrogen-bond acceptors (Lipinski definition) is 3. The molecule has 94 valence electrons. The molecule has 1 aromatic rings. The maximum atomic E-state index is 11.4. The molecule has 1 aliphatic rings. The number of carboxylic acid groups (broad SMARTS) is 1. The summed E-state index contributed by atoms with van der Waals surface area (Å²) in [6.07, 6.45) is 5.70. The fourth-order valence-electron chi connectivity index (χ4n) is 2.29. The highest BCUT2D eigenvalue weighted by molar-refractivity contribution is 5.75. The molecule has 1 atom stereocenters. The molecule has 0 spiro atoms. The summed E-state index contributed by atoms with van der Waals surface area (Å²) < 4.78 is 1.81. The zero-order chi connectivity index (χ0) is 12.4. The van der Waals surface area contributed by atoms with Gasteiger partial charge in [-0.25, -0.2) is 0 Å². The van der Waals surface area contributed by atoms with Crippen LogP contribution in [-0.4, -0.2) is 38.8 Å². The number of rotatable bonds is 4. The van der Waals surface area contributed by atoms with E-state index < -0.39 is 12.0 Å². The lowest BCUT2D eigenvalue weighted by atomic mass is 10.1. The second kappa shape index (κ2) is 4.87. The van der Waals surface area contributed by atoms with Gasteiger partial charge in [0.15, 0.2) is 0 Å². The molecule has 0 aromatic carbocycles. The summed E-state index contributed by atoms with van der Waals surface area (Å²) in [6.45, 7) is 5.79. The SMILES string of the molecule is CC(C)n1cc(C(C(=O)O)N2CCCC2)cn1. The minimum absolute atomic E-state index is 0.261. The predicted molar refractivity (Wildman–Crippen MR) is 63.8 cm³/mol. The maximum absolute atomic E-state index is 11.4. The molecule has 1 saturated heterocycles. The molecule has 0 bridgehead atoms. The van der Waals surface area contributed by atoms with Gasteiger partial charge in [0, 0.05) is 17.8 Å². The van der Waals surface area contributed by atoms with E-state index in [9.17, 15) is 9.90 Å². The molecule has 1 N–H and O–H groups in total. The molecule has 0 aliphatic carbocycles. The standard InChI is InChI=1S/C12H19N3O2/c1-9(2)15-8-10(7-13-15)11(12(16)17)14-5-3-4-6-14/h7-9,11H,3-6H2,1-2H3,(H,16,17). The van der Waals surface area contributed by atoms with Crippen LogP contribution in [0.25, 0.3) is 0 Å². The van der Waals surface area contributed by atoms with Gasteiger partial charge in [0.05, 0.1) is 6.20 Å². The van der Waals surface area contributed by atoms with E-state index >= 15 is 0 Å². The lowest BCUT2D eigenvalue weighted by molar-refractivity contribution is -0.143. The molecule has 17 heavy (non-hydrogen) atoms. The van der Waals surface area contributed by atoms with Crippen LogP contribution in [0.1, 0.15) is 44.3 Å². The van der Waals surface area contributed by atoms with Gasteiger partial charge in [-0.3, -0.25) is 14.4 Å². The van der Waals surface area contributed by atoms with Crippen LogP contribution in [0.4, 0.5) is 0 Å². The highest BCUT2D eigenvalue weighted by Crippen LogP contribution is 2.25. The monoisotopic (exact) mass is 237 g/mol. The van der Waals surface area contributed by atoms with Crippen molar-refractivity contribution in [1.29, 1.82) is 0 Å². The summed E-state index contributed by atoms with van der Waals surface area (Å²) in [5.41, 5.74) is 0.785. The molecular formula is C12H19N3O2. The Morgan fingerprint density at radius 1 is 1.41 bits per heavy atom. The average Bonchev–Trinajstić information content (AvgIpc) is 2.88. The fourth-order valence-corrected chi connectivity index (χ4v) is 2.29. The van der Waals surface area contributed by atoms with E-state index in [2.05, 4.69) is 5.10 Å².